The summed E-state index contributed by atoms with van der Waals surface area (Å²) in [5.41, 5.74) is -0.773. The molecule has 2 saturated carbocycles. The Balaban J connectivity index is 1.27. The number of halogens is 1. The smallest absolute Gasteiger partial charge is 0.259 e. The summed E-state index contributed by atoms with van der Waals surface area (Å²) < 4.78 is 38.3. The van der Waals surface area contributed by atoms with Crippen LogP contribution in [-0.2, 0) is 19.6 Å². The van der Waals surface area contributed by atoms with Gasteiger partial charge in [-0.1, -0.05) is 23.7 Å². The minimum Gasteiger partial charge on any atom is -0.488 e. The zero-order valence-electron chi connectivity index (χ0n) is 21.3. The molecule has 0 bridgehead atoms. The lowest BCUT2D eigenvalue weighted by Gasteiger charge is -2.22. The van der Waals surface area contributed by atoms with Gasteiger partial charge < -0.3 is 20.1 Å². The molecule has 3 N–H and O–H groups in total. The number of hydrogen-bond donors (Lipinski definition) is 3. The fourth-order valence-corrected chi connectivity index (χ4v) is 6.30. The van der Waals surface area contributed by atoms with Crippen molar-refractivity contribution in [1.29, 1.82) is 0 Å². The number of nitrogens with zero attached hydrogens (tertiary/aromatic N) is 1. The zero-order chi connectivity index (χ0) is 27.3. The van der Waals surface area contributed by atoms with Crippen LogP contribution >= 0.6 is 11.6 Å². The summed E-state index contributed by atoms with van der Waals surface area (Å²) in [6, 6.07) is 6.48. The molecule has 0 spiro atoms. The number of pyridine rings is 1. The quantitative estimate of drug-likeness (QED) is 0.376. The van der Waals surface area contributed by atoms with Crippen molar-refractivity contribution in [2.75, 3.05) is 13.2 Å². The van der Waals surface area contributed by atoms with Crippen LogP contribution in [0.5, 0.6) is 11.6 Å². The highest BCUT2D eigenvalue weighted by Gasteiger charge is 2.62. The lowest BCUT2D eigenvalue weighted by Crippen LogP contribution is -2.56. The number of fused-ring (bicyclic) bond motifs is 1. The van der Waals surface area contributed by atoms with Gasteiger partial charge in [0.2, 0.25) is 21.8 Å². The van der Waals surface area contributed by atoms with Crippen molar-refractivity contribution in [3.8, 4) is 11.6 Å². The minimum absolute atomic E-state index is 0.289. The average molecular weight is 563 g/mol. The standard InChI is InChI=1S/C26H31ClN4O6S/c1-4-15-13-26(15,24(33)31-38(34,35)25(3)9-10-25)30-23(32)19-11-16(14-28-19)37-20-12-21(36-5-2)29-22-17(20)7-6-8-18(22)27/h4,6-8,12,15-16,19,28H,1,5,9-11,13-14H2,2-3H3,(H,30,32)(H,31,33)/t15-,16-,19+,26-/m1/s1. The van der Waals surface area contributed by atoms with E-state index in [1.807, 2.05) is 19.1 Å². The Bertz CT molecular complexity index is 1410. The number of carbonyl (C=O) groups is 2. The van der Waals surface area contributed by atoms with Crippen molar-refractivity contribution >= 4 is 44.3 Å². The number of aromatic nitrogens is 1. The molecule has 10 nitrogen and oxygen atoms in total. The number of sulfonamides is 1. The number of amides is 2. The molecule has 4 atom stereocenters. The average Bonchev–Trinajstić information content (AvgIpc) is 3.74. The van der Waals surface area contributed by atoms with E-state index in [9.17, 15) is 18.0 Å². The monoisotopic (exact) mass is 562 g/mol. The number of para-hydroxylation sites is 1. The molecule has 3 aliphatic rings. The van der Waals surface area contributed by atoms with E-state index in [1.165, 1.54) is 0 Å². The van der Waals surface area contributed by atoms with Crippen molar-refractivity contribution < 1.29 is 27.5 Å². The second-order valence-electron chi connectivity index (χ2n) is 10.4. The van der Waals surface area contributed by atoms with Crippen LogP contribution in [0.2, 0.25) is 5.02 Å². The Kier molecular flexibility index (Phi) is 6.81. The third-order valence-electron chi connectivity index (χ3n) is 7.60. The van der Waals surface area contributed by atoms with E-state index in [4.69, 9.17) is 21.1 Å². The van der Waals surface area contributed by atoms with Crippen molar-refractivity contribution in [2.45, 2.75) is 62.0 Å². The number of hydrogen-bond acceptors (Lipinski definition) is 8. The fraction of sp³-hybridized carbons (Fsp3) is 0.500. The number of rotatable bonds is 10. The maximum atomic E-state index is 13.2. The van der Waals surface area contributed by atoms with Crippen LogP contribution in [-0.4, -0.2) is 60.8 Å². The van der Waals surface area contributed by atoms with Crippen molar-refractivity contribution in [3.63, 3.8) is 0 Å². The first kappa shape index (κ1) is 26.7. The molecule has 38 heavy (non-hydrogen) atoms. The van der Waals surface area contributed by atoms with E-state index < -0.39 is 38.2 Å². The molecule has 2 aliphatic carbocycles. The van der Waals surface area contributed by atoms with Gasteiger partial charge in [-0.05, 0) is 45.2 Å². The molecule has 3 fully saturated rings. The predicted molar refractivity (Wildman–Crippen MR) is 143 cm³/mol. The normalized spacial score (nSPS) is 27.4. The van der Waals surface area contributed by atoms with Gasteiger partial charge >= 0.3 is 0 Å². The lowest BCUT2D eigenvalue weighted by atomic mass is 10.1. The summed E-state index contributed by atoms with van der Waals surface area (Å²) in [7, 11) is -3.83. The van der Waals surface area contributed by atoms with Crippen LogP contribution in [0.15, 0.2) is 36.9 Å². The van der Waals surface area contributed by atoms with Crippen molar-refractivity contribution in [2.24, 2.45) is 5.92 Å². The van der Waals surface area contributed by atoms with E-state index in [2.05, 4.69) is 26.9 Å². The topological polar surface area (TPSA) is 136 Å². The van der Waals surface area contributed by atoms with Crippen LogP contribution < -0.4 is 24.8 Å². The van der Waals surface area contributed by atoms with Gasteiger partial charge in [0.15, 0.2) is 0 Å². The fourth-order valence-electron chi connectivity index (χ4n) is 4.77. The van der Waals surface area contributed by atoms with E-state index in [0.717, 1.165) is 5.39 Å². The number of nitrogens with one attached hydrogen (secondary N) is 3. The maximum absolute atomic E-state index is 13.2. The summed E-state index contributed by atoms with van der Waals surface area (Å²) in [5, 5.41) is 7.14. The second-order valence-corrected chi connectivity index (χ2v) is 13.0. The molecule has 0 radical (unpaired) electrons. The Morgan fingerprint density at radius 3 is 2.76 bits per heavy atom. The van der Waals surface area contributed by atoms with Crippen LogP contribution in [0, 0.1) is 5.92 Å². The molecular weight excluding hydrogens is 532 g/mol. The second kappa shape index (κ2) is 9.69. The van der Waals surface area contributed by atoms with Gasteiger partial charge in [-0.3, -0.25) is 14.3 Å². The van der Waals surface area contributed by atoms with Crippen LogP contribution in [0.1, 0.15) is 39.5 Å². The lowest BCUT2D eigenvalue weighted by molar-refractivity contribution is -0.130. The summed E-state index contributed by atoms with van der Waals surface area (Å²) in [6.07, 6.45) is 2.84. The molecule has 1 aromatic carbocycles. The third kappa shape index (κ3) is 4.83. The Labute approximate surface area is 226 Å². The Hall–Kier alpha value is -2.89. The first-order chi connectivity index (χ1) is 18.0. The Morgan fingerprint density at radius 2 is 2.11 bits per heavy atom. The molecule has 2 aromatic rings. The molecule has 1 aromatic heterocycles. The SMILES string of the molecule is C=C[C@@H]1C[C@]1(NC(=O)[C@@H]1C[C@@H](Oc2cc(OCC)nc3c(Cl)cccc23)CN1)C(=O)NS(=O)(=O)C1(C)CC1. The highest BCUT2D eigenvalue weighted by Crippen LogP contribution is 2.47. The van der Waals surface area contributed by atoms with E-state index in [1.54, 1.807) is 25.1 Å². The number of ether oxygens (including phenoxy) is 2. The van der Waals surface area contributed by atoms with E-state index in [-0.39, 0.29) is 18.4 Å². The molecule has 1 saturated heterocycles. The van der Waals surface area contributed by atoms with Gasteiger partial charge in [0, 0.05) is 30.3 Å². The summed E-state index contributed by atoms with van der Waals surface area (Å²) in [5.74, 6) is -0.554. The molecule has 1 aliphatic heterocycles. The van der Waals surface area contributed by atoms with Crippen LogP contribution in [0.25, 0.3) is 10.9 Å². The van der Waals surface area contributed by atoms with Crippen molar-refractivity contribution in [1.82, 2.24) is 20.3 Å². The number of benzene rings is 1. The molecule has 5 rings (SSSR count). The maximum Gasteiger partial charge on any atom is 0.259 e. The Morgan fingerprint density at radius 1 is 1.34 bits per heavy atom. The highest BCUT2D eigenvalue weighted by molar-refractivity contribution is 7.91. The minimum atomic E-state index is -3.83. The summed E-state index contributed by atoms with van der Waals surface area (Å²) in [4.78, 5) is 30.7. The number of carbonyl (C=O) groups excluding carboxylic acids is 2. The molecule has 2 heterocycles. The van der Waals surface area contributed by atoms with Gasteiger partial charge in [0.25, 0.3) is 5.91 Å². The molecule has 0 unspecified atom stereocenters. The van der Waals surface area contributed by atoms with Gasteiger partial charge in [-0.15, -0.1) is 6.58 Å². The first-order valence-electron chi connectivity index (χ1n) is 12.7. The molecular formula is C26H31ClN4O6S. The molecule has 2 amide bonds. The van der Waals surface area contributed by atoms with Gasteiger partial charge in [0.1, 0.15) is 17.4 Å². The van der Waals surface area contributed by atoms with Gasteiger partial charge in [-0.25, -0.2) is 13.4 Å². The molecule has 204 valence electrons. The highest BCUT2D eigenvalue weighted by atomic mass is 35.5. The van der Waals surface area contributed by atoms with Crippen LogP contribution in [0.3, 0.4) is 0 Å². The van der Waals surface area contributed by atoms with E-state index >= 15 is 0 Å². The largest absolute Gasteiger partial charge is 0.488 e. The van der Waals surface area contributed by atoms with Crippen molar-refractivity contribution in [3.05, 3.63) is 41.9 Å². The summed E-state index contributed by atoms with van der Waals surface area (Å²) in [6.45, 7) is 8.01. The third-order valence-corrected chi connectivity index (χ3v) is 10.1. The zero-order valence-corrected chi connectivity index (χ0v) is 22.8. The summed E-state index contributed by atoms with van der Waals surface area (Å²) >= 11 is 6.35. The van der Waals surface area contributed by atoms with Crippen LogP contribution in [0.4, 0.5) is 0 Å². The first-order valence-corrected chi connectivity index (χ1v) is 14.5. The predicted octanol–water partition coefficient (Wildman–Crippen LogP) is 2.46. The van der Waals surface area contributed by atoms with Gasteiger partial charge in [0.05, 0.1) is 27.9 Å². The van der Waals surface area contributed by atoms with E-state index in [0.29, 0.717) is 54.6 Å². The molecule has 12 heteroatoms. The van der Waals surface area contributed by atoms with Gasteiger partial charge in [-0.2, -0.15) is 0 Å².